The molecule has 0 fully saturated rings. The summed E-state index contributed by atoms with van der Waals surface area (Å²) in [6.45, 7) is 7.36. The van der Waals surface area contributed by atoms with Gasteiger partial charge in [-0.1, -0.05) is 45.2 Å². The second-order valence-electron chi connectivity index (χ2n) is 6.19. The molecule has 2 N–H and O–H groups in total. The summed E-state index contributed by atoms with van der Waals surface area (Å²) in [5, 5.41) is 13.5. The van der Waals surface area contributed by atoms with Crippen molar-refractivity contribution in [2.45, 2.75) is 66.0 Å². The Morgan fingerprint density at radius 2 is 1.96 bits per heavy atom. The Kier molecular flexibility index (Phi) is 8.94. The molecule has 0 bridgehead atoms. The summed E-state index contributed by atoms with van der Waals surface area (Å²) < 4.78 is 1.48. The highest BCUT2D eigenvalue weighted by Crippen LogP contribution is 2.02. The molecule has 1 aromatic heterocycles. The first kappa shape index (κ1) is 19.1. The van der Waals surface area contributed by atoms with Gasteiger partial charge >= 0.3 is 0 Å². The van der Waals surface area contributed by atoms with E-state index in [0.29, 0.717) is 31.1 Å². The number of hydrogen-bond acceptors (Lipinski definition) is 4. The Hall–Kier alpha value is -1.92. The minimum atomic E-state index is -0.0879. The molecule has 0 saturated carbocycles. The Labute approximate surface area is 138 Å². The first-order valence-electron chi connectivity index (χ1n) is 8.43. The normalized spacial score (nSPS) is 10.8. The standard InChI is InChI=1S/C16H29N5O2/c1-4-5-6-7-8-15(22)18-10-14-11-21(20-19-14)12-16(23)17-9-13(2)3/h11,13H,4-10,12H2,1-3H3,(H,17,23)(H,18,22). The van der Waals surface area contributed by atoms with Gasteiger partial charge in [-0.25, -0.2) is 4.68 Å². The van der Waals surface area contributed by atoms with Gasteiger partial charge in [0, 0.05) is 13.0 Å². The fourth-order valence-electron chi connectivity index (χ4n) is 2.01. The molecule has 0 atom stereocenters. The van der Waals surface area contributed by atoms with Crippen molar-refractivity contribution in [1.82, 2.24) is 25.6 Å². The van der Waals surface area contributed by atoms with E-state index in [9.17, 15) is 9.59 Å². The predicted molar refractivity (Wildman–Crippen MR) is 88.5 cm³/mol. The van der Waals surface area contributed by atoms with Crippen LogP contribution in [0.2, 0.25) is 0 Å². The van der Waals surface area contributed by atoms with E-state index in [4.69, 9.17) is 0 Å². The smallest absolute Gasteiger partial charge is 0.241 e. The predicted octanol–water partition coefficient (Wildman–Crippen LogP) is 1.64. The van der Waals surface area contributed by atoms with Gasteiger partial charge in [-0.3, -0.25) is 9.59 Å². The van der Waals surface area contributed by atoms with Crippen LogP contribution in [-0.2, 0) is 22.7 Å². The molecule has 0 aliphatic carbocycles. The van der Waals surface area contributed by atoms with Crippen LogP contribution < -0.4 is 10.6 Å². The molecule has 1 rings (SSSR count). The molecular formula is C16H29N5O2. The van der Waals surface area contributed by atoms with E-state index in [2.05, 4.69) is 27.9 Å². The highest BCUT2D eigenvalue weighted by molar-refractivity contribution is 5.76. The summed E-state index contributed by atoms with van der Waals surface area (Å²) in [7, 11) is 0. The largest absolute Gasteiger partial charge is 0.354 e. The van der Waals surface area contributed by atoms with Gasteiger partial charge in [0.25, 0.3) is 0 Å². The molecule has 130 valence electrons. The van der Waals surface area contributed by atoms with Crippen LogP contribution in [0.15, 0.2) is 6.20 Å². The third-order valence-corrected chi connectivity index (χ3v) is 3.32. The summed E-state index contributed by atoms with van der Waals surface area (Å²) in [4.78, 5) is 23.4. The fraction of sp³-hybridized carbons (Fsp3) is 0.750. The maximum Gasteiger partial charge on any atom is 0.241 e. The van der Waals surface area contributed by atoms with E-state index in [-0.39, 0.29) is 18.4 Å². The minimum absolute atomic E-state index is 0.0327. The van der Waals surface area contributed by atoms with Crippen LogP contribution in [-0.4, -0.2) is 33.4 Å². The zero-order valence-electron chi connectivity index (χ0n) is 14.5. The number of nitrogens with one attached hydrogen (secondary N) is 2. The van der Waals surface area contributed by atoms with Gasteiger partial charge in [0.1, 0.15) is 12.2 Å². The van der Waals surface area contributed by atoms with E-state index in [1.54, 1.807) is 6.20 Å². The molecule has 0 saturated heterocycles. The fourth-order valence-corrected chi connectivity index (χ4v) is 2.01. The Morgan fingerprint density at radius 3 is 2.65 bits per heavy atom. The number of rotatable bonds is 11. The van der Waals surface area contributed by atoms with Crippen molar-refractivity contribution in [2.75, 3.05) is 6.54 Å². The number of carbonyl (C=O) groups excluding carboxylic acids is 2. The maximum absolute atomic E-state index is 11.7. The number of carbonyl (C=O) groups is 2. The van der Waals surface area contributed by atoms with Crippen LogP contribution in [0.25, 0.3) is 0 Å². The number of aromatic nitrogens is 3. The Bertz CT molecular complexity index is 485. The van der Waals surface area contributed by atoms with E-state index in [1.165, 1.54) is 11.1 Å². The summed E-state index contributed by atoms with van der Waals surface area (Å²) >= 11 is 0. The van der Waals surface area contributed by atoms with Crippen molar-refractivity contribution in [3.05, 3.63) is 11.9 Å². The summed E-state index contributed by atoms with van der Waals surface area (Å²) in [5.74, 6) is 0.359. The Morgan fingerprint density at radius 1 is 1.17 bits per heavy atom. The summed E-state index contributed by atoms with van der Waals surface area (Å²) in [6, 6.07) is 0. The highest BCUT2D eigenvalue weighted by atomic mass is 16.2. The van der Waals surface area contributed by atoms with Crippen molar-refractivity contribution in [3.63, 3.8) is 0 Å². The zero-order chi connectivity index (χ0) is 17.1. The lowest BCUT2D eigenvalue weighted by molar-refractivity contribution is -0.122. The number of amides is 2. The maximum atomic E-state index is 11.7. The summed E-state index contributed by atoms with van der Waals surface area (Å²) in [5.41, 5.74) is 0.656. The van der Waals surface area contributed by atoms with Crippen LogP contribution in [0.3, 0.4) is 0 Å². The molecule has 7 heteroatoms. The van der Waals surface area contributed by atoms with Gasteiger partial charge in [-0.05, 0) is 12.3 Å². The SMILES string of the molecule is CCCCCCC(=O)NCc1cn(CC(=O)NCC(C)C)nn1. The number of unbranched alkanes of at least 4 members (excludes halogenated alkanes) is 3. The second-order valence-corrected chi connectivity index (χ2v) is 6.19. The van der Waals surface area contributed by atoms with Gasteiger partial charge in [-0.2, -0.15) is 0 Å². The molecule has 1 heterocycles. The van der Waals surface area contributed by atoms with Crippen LogP contribution >= 0.6 is 0 Å². The average molecular weight is 323 g/mol. The number of hydrogen-bond donors (Lipinski definition) is 2. The lowest BCUT2D eigenvalue weighted by Crippen LogP contribution is -2.30. The second kappa shape index (κ2) is 10.7. The molecule has 1 aromatic rings. The molecule has 0 radical (unpaired) electrons. The van der Waals surface area contributed by atoms with Crippen LogP contribution in [0.1, 0.15) is 58.6 Å². The molecule has 0 unspecified atom stereocenters. The summed E-state index contributed by atoms with van der Waals surface area (Å²) in [6.07, 6.45) is 6.57. The highest BCUT2D eigenvalue weighted by Gasteiger charge is 2.07. The lowest BCUT2D eigenvalue weighted by atomic mass is 10.1. The van der Waals surface area contributed by atoms with E-state index < -0.39 is 0 Å². The molecule has 2 amide bonds. The van der Waals surface area contributed by atoms with Crippen molar-refractivity contribution >= 4 is 11.8 Å². The van der Waals surface area contributed by atoms with Gasteiger partial charge in [0.05, 0.1) is 12.7 Å². The van der Waals surface area contributed by atoms with Crippen molar-refractivity contribution < 1.29 is 9.59 Å². The molecule has 23 heavy (non-hydrogen) atoms. The molecule has 0 aliphatic rings. The number of nitrogens with zero attached hydrogens (tertiary/aromatic N) is 3. The lowest BCUT2D eigenvalue weighted by Gasteiger charge is -2.06. The quantitative estimate of drug-likeness (QED) is 0.606. The average Bonchev–Trinajstić information content (AvgIpc) is 2.95. The van der Waals surface area contributed by atoms with Crippen LogP contribution in [0.5, 0.6) is 0 Å². The van der Waals surface area contributed by atoms with E-state index in [1.807, 2.05) is 13.8 Å². The van der Waals surface area contributed by atoms with Gasteiger partial charge in [0.15, 0.2) is 0 Å². The monoisotopic (exact) mass is 323 g/mol. The van der Waals surface area contributed by atoms with Gasteiger partial charge in [-0.15, -0.1) is 5.10 Å². The minimum Gasteiger partial charge on any atom is -0.354 e. The van der Waals surface area contributed by atoms with E-state index in [0.717, 1.165) is 19.3 Å². The van der Waals surface area contributed by atoms with Crippen molar-refractivity contribution in [2.24, 2.45) is 5.92 Å². The zero-order valence-corrected chi connectivity index (χ0v) is 14.5. The van der Waals surface area contributed by atoms with Crippen molar-refractivity contribution in [1.29, 1.82) is 0 Å². The molecule has 0 aromatic carbocycles. The van der Waals surface area contributed by atoms with E-state index >= 15 is 0 Å². The molecule has 7 nitrogen and oxygen atoms in total. The molecule has 0 aliphatic heterocycles. The topological polar surface area (TPSA) is 88.9 Å². The third-order valence-electron chi connectivity index (χ3n) is 3.32. The van der Waals surface area contributed by atoms with Crippen LogP contribution in [0.4, 0.5) is 0 Å². The first-order valence-corrected chi connectivity index (χ1v) is 8.43. The molecule has 0 spiro atoms. The van der Waals surface area contributed by atoms with Gasteiger partial charge < -0.3 is 10.6 Å². The van der Waals surface area contributed by atoms with Crippen LogP contribution in [0, 0.1) is 5.92 Å². The molecular weight excluding hydrogens is 294 g/mol. The van der Waals surface area contributed by atoms with Crippen molar-refractivity contribution in [3.8, 4) is 0 Å². The first-order chi connectivity index (χ1) is 11.0. The Balaban J connectivity index is 2.25. The van der Waals surface area contributed by atoms with Gasteiger partial charge in [0.2, 0.25) is 11.8 Å². The third kappa shape index (κ3) is 8.95.